The van der Waals surface area contributed by atoms with Crippen molar-refractivity contribution in [3.63, 3.8) is 0 Å². The molecule has 6 fully saturated rings. The first-order chi connectivity index (χ1) is 21.1. The number of benzene rings is 1. The lowest BCUT2D eigenvalue weighted by Gasteiger charge is -2.70. The zero-order valence-corrected chi connectivity index (χ0v) is 26.5. The highest BCUT2D eigenvalue weighted by Gasteiger charge is 2.89. The Bertz CT molecular complexity index is 1280. The maximum atomic E-state index is 13.7. The number of fused-ring (bicyclic) bond motifs is 2. The number of methoxy groups -OCH3 is 5. The van der Waals surface area contributed by atoms with Gasteiger partial charge in [-0.15, -0.1) is 0 Å². The van der Waals surface area contributed by atoms with Gasteiger partial charge >= 0.3 is 5.97 Å². The highest BCUT2D eigenvalue weighted by molar-refractivity contribution is 5.89. The third-order valence-electron chi connectivity index (χ3n) is 13.1. The Balaban J connectivity index is 1.42. The summed E-state index contributed by atoms with van der Waals surface area (Å²) in [7, 11) is 8.13. The van der Waals surface area contributed by atoms with Crippen LogP contribution in [0.5, 0.6) is 5.75 Å². The number of nitrogens with zero attached hydrogens (tertiary/aromatic N) is 1. The summed E-state index contributed by atoms with van der Waals surface area (Å²) in [5.41, 5.74) is -3.92. The average Bonchev–Trinajstić information content (AvgIpc) is 3.41. The lowest BCUT2D eigenvalue weighted by atomic mass is 9.42. The molecule has 1 saturated heterocycles. The maximum Gasteiger partial charge on any atom is 0.338 e. The van der Waals surface area contributed by atoms with Crippen molar-refractivity contribution in [1.82, 2.24) is 4.90 Å². The summed E-state index contributed by atoms with van der Waals surface area (Å²) in [6.45, 7) is 3.73. The van der Waals surface area contributed by atoms with Crippen LogP contribution in [-0.4, -0.2) is 129 Å². The van der Waals surface area contributed by atoms with Gasteiger partial charge in [0.05, 0.1) is 49.3 Å². The molecule has 44 heavy (non-hydrogen) atoms. The monoisotopic (exact) mass is 617 g/mol. The Morgan fingerprint density at radius 3 is 2.25 bits per heavy atom. The zero-order valence-electron chi connectivity index (χ0n) is 26.5. The maximum absolute atomic E-state index is 13.7. The summed E-state index contributed by atoms with van der Waals surface area (Å²) in [5, 5.41) is 37.7. The Morgan fingerprint density at radius 2 is 1.66 bits per heavy atom. The predicted octanol–water partition coefficient (Wildman–Crippen LogP) is 1.12. The molecule has 11 nitrogen and oxygen atoms in total. The van der Waals surface area contributed by atoms with Crippen LogP contribution in [0.15, 0.2) is 24.3 Å². The summed E-state index contributed by atoms with van der Waals surface area (Å²) >= 11 is 0. The minimum Gasteiger partial charge on any atom is -0.497 e. The second kappa shape index (κ2) is 10.3. The van der Waals surface area contributed by atoms with Gasteiger partial charge in [0.2, 0.25) is 0 Å². The van der Waals surface area contributed by atoms with E-state index in [1.165, 1.54) is 7.11 Å². The van der Waals surface area contributed by atoms with Crippen molar-refractivity contribution in [2.75, 3.05) is 55.2 Å². The minimum absolute atomic E-state index is 0.146. The molecule has 1 aromatic rings. The quantitative estimate of drug-likeness (QED) is 0.344. The van der Waals surface area contributed by atoms with E-state index in [0.717, 1.165) is 0 Å². The van der Waals surface area contributed by atoms with E-state index in [1.54, 1.807) is 52.7 Å². The minimum atomic E-state index is -1.54. The standard InChI is InChI=1S/C33H47NO10/c1-7-34-15-30(16-39-2)20(35)12-21(41-4)33-19-13-31(37)22(42-5)14-32(38,24(27(33)34)25(43-6)26(30)33)23(19)28(31)44-29(36)17-8-10-18(40-3)11-9-17/h8-11,19-28,35,37-38H,7,12-16H2,1-6H3/t19-,20-,21+,22+,23-,24+,25+,26-,27-,28-,30+,31-,32-,33+/m1/s1. The van der Waals surface area contributed by atoms with E-state index in [2.05, 4.69) is 11.8 Å². The van der Waals surface area contributed by atoms with Crippen molar-refractivity contribution < 1.29 is 48.5 Å². The van der Waals surface area contributed by atoms with E-state index in [4.69, 9.17) is 28.4 Å². The van der Waals surface area contributed by atoms with Crippen molar-refractivity contribution in [2.45, 2.75) is 73.9 Å². The normalized spacial score (nSPS) is 50.0. The smallest absolute Gasteiger partial charge is 0.338 e. The van der Waals surface area contributed by atoms with Gasteiger partial charge in [-0.25, -0.2) is 4.79 Å². The van der Waals surface area contributed by atoms with E-state index in [0.29, 0.717) is 37.4 Å². The Labute approximate surface area is 258 Å². The van der Waals surface area contributed by atoms with Gasteiger partial charge in [-0.05, 0) is 43.1 Å². The summed E-state index contributed by atoms with van der Waals surface area (Å²) in [4.78, 5) is 16.1. The van der Waals surface area contributed by atoms with Crippen LogP contribution in [0.1, 0.15) is 36.5 Å². The molecule has 11 heteroatoms. The number of rotatable bonds is 9. The van der Waals surface area contributed by atoms with E-state index in [1.807, 2.05) is 0 Å². The van der Waals surface area contributed by atoms with Crippen molar-refractivity contribution in [2.24, 2.45) is 34.5 Å². The first kappa shape index (κ1) is 30.8. The molecule has 1 aromatic carbocycles. The molecule has 7 rings (SSSR count). The molecule has 0 radical (unpaired) electrons. The number of carbonyl (C=O) groups excluding carboxylic acids is 1. The van der Waals surface area contributed by atoms with E-state index < -0.39 is 64.3 Å². The molecular weight excluding hydrogens is 570 g/mol. The van der Waals surface area contributed by atoms with Crippen LogP contribution >= 0.6 is 0 Å². The van der Waals surface area contributed by atoms with Gasteiger partial charge in [0.25, 0.3) is 0 Å². The number of piperidine rings is 1. The molecule has 7 bridgehead atoms. The van der Waals surface area contributed by atoms with E-state index in [-0.39, 0.29) is 36.8 Å². The molecule has 1 aliphatic heterocycles. The second-order valence-electron chi connectivity index (χ2n) is 14.2. The molecule has 3 N–H and O–H groups in total. The number of aliphatic hydroxyl groups is 3. The molecule has 1 spiro atoms. The van der Waals surface area contributed by atoms with Crippen LogP contribution in [0.2, 0.25) is 0 Å². The van der Waals surface area contributed by atoms with Gasteiger partial charge in [0, 0.05) is 82.5 Å². The topological polar surface area (TPSA) is 136 Å². The summed E-state index contributed by atoms with van der Waals surface area (Å²) in [6.07, 6.45) is -2.51. The van der Waals surface area contributed by atoms with Crippen LogP contribution in [-0.2, 0) is 23.7 Å². The van der Waals surface area contributed by atoms with Crippen molar-refractivity contribution in [1.29, 1.82) is 0 Å². The third kappa shape index (κ3) is 3.48. The van der Waals surface area contributed by atoms with Gasteiger partial charge in [0.1, 0.15) is 17.5 Å². The molecule has 244 valence electrons. The van der Waals surface area contributed by atoms with E-state index in [9.17, 15) is 20.1 Å². The summed E-state index contributed by atoms with van der Waals surface area (Å²) < 4.78 is 36.2. The number of hydrogen-bond donors (Lipinski definition) is 3. The first-order valence-corrected chi connectivity index (χ1v) is 15.9. The molecule has 0 aromatic heterocycles. The van der Waals surface area contributed by atoms with Gasteiger partial charge in [0.15, 0.2) is 0 Å². The van der Waals surface area contributed by atoms with E-state index >= 15 is 0 Å². The number of ether oxygens (including phenoxy) is 6. The SMILES string of the molecule is CCN1C[C@]2(COC)[C@H](O)C[C@H](OC)[C@@]34[C@@H]5C[C@@]6(O)[C@@H](OC)C[C@@](O)([C@H]5[C@H]6OC(=O)c5ccc(OC)cc5)[C@@H]([C@H](OC)[C@H]23)[C@@H]14. The van der Waals surface area contributed by atoms with Gasteiger partial charge in [-0.1, -0.05) is 6.92 Å². The lowest BCUT2D eigenvalue weighted by Crippen LogP contribution is -2.79. The summed E-state index contributed by atoms with van der Waals surface area (Å²) in [6, 6.07) is 6.50. The number of esters is 1. The molecule has 6 aliphatic rings. The lowest BCUT2D eigenvalue weighted by molar-refractivity contribution is -0.298. The fraction of sp³-hybridized carbons (Fsp3) is 0.788. The van der Waals surface area contributed by atoms with Gasteiger partial charge in [-0.3, -0.25) is 4.90 Å². The fourth-order valence-electron chi connectivity index (χ4n) is 12.0. The molecule has 14 atom stereocenters. The molecule has 5 aliphatic carbocycles. The highest BCUT2D eigenvalue weighted by Crippen LogP contribution is 2.80. The predicted molar refractivity (Wildman–Crippen MR) is 156 cm³/mol. The number of carbonyl (C=O) groups is 1. The van der Waals surface area contributed by atoms with Crippen LogP contribution in [0.25, 0.3) is 0 Å². The van der Waals surface area contributed by atoms with Crippen LogP contribution in [0.3, 0.4) is 0 Å². The number of likely N-dealkylation sites (tertiary alicyclic amines) is 1. The van der Waals surface area contributed by atoms with Crippen LogP contribution in [0.4, 0.5) is 0 Å². The average molecular weight is 618 g/mol. The molecular formula is C33H47NO10. The van der Waals surface area contributed by atoms with Crippen molar-refractivity contribution in [3.8, 4) is 5.75 Å². The highest BCUT2D eigenvalue weighted by atomic mass is 16.6. The van der Waals surface area contributed by atoms with Crippen molar-refractivity contribution in [3.05, 3.63) is 29.8 Å². The second-order valence-corrected chi connectivity index (χ2v) is 14.2. The molecule has 0 unspecified atom stereocenters. The number of aliphatic hydroxyl groups excluding tert-OH is 1. The van der Waals surface area contributed by atoms with Crippen LogP contribution < -0.4 is 4.74 Å². The van der Waals surface area contributed by atoms with Gasteiger partial charge < -0.3 is 43.7 Å². The summed E-state index contributed by atoms with van der Waals surface area (Å²) in [5.74, 6) is -1.54. The Hall–Kier alpha value is -1.83. The third-order valence-corrected chi connectivity index (χ3v) is 13.1. The largest absolute Gasteiger partial charge is 0.497 e. The van der Waals surface area contributed by atoms with Crippen LogP contribution in [0, 0.1) is 34.5 Å². The van der Waals surface area contributed by atoms with Gasteiger partial charge in [-0.2, -0.15) is 0 Å². The molecule has 5 saturated carbocycles. The molecule has 1 heterocycles. The fourth-order valence-corrected chi connectivity index (χ4v) is 12.0. The molecule has 0 amide bonds. The first-order valence-electron chi connectivity index (χ1n) is 15.9. The zero-order chi connectivity index (χ0) is 31.4. The Morgan fingerprint density at radius 1 is 0.955 bits per heavy atom. The number of hydrogen-bond acceptors (Lipinski definition) is 11. The Kier molecular flexibility index (Phi) is 7.24. The van der Waals surface area contributed by atoms with Crippen molar-refractivity contribution >= 4 is 5.97 Å².